The number of rotatable bonds is 6. The zero-order chi connectivity index (χ0) is 21.8. The van der Waals surface area contributed by atoms with Gasteiger partial charge in [-0.25, -0.2) is 0 Å². The van der Waals surface area contributed by atoms with Crippen molar-refractivity contribution in [1.82, 2.24) is 0 Å². The third-order valence-corrected chi connectivity index (χ3v) is 10.7. The van der Waals surface area contributed by atoms with Crippen molar-refractivity contribution >= 4 is 23.2 Å². The highest BCUT2D eigenvalue weighted by Gasteiger charge is 2.46. The number of methoxy groups -OCH3 is 1. The maximum Gasteiger partial charge on any atom is 0.122 e. The van der Waals surface area contributed by atoms with Gasteiger partial charge >= 0.3 is 0 Å². The zero-order valence-electron chi connectivity index (χ0n) is 19.2. The predicted octanol–water partition coefficient (Wildman–Crippen LogP) is 3.12. The summed E-state index contributed by atoms with van der Waals surface area (Å²) in [6.45, 7) is 6.64. The molecule has 0 amide bonds. The predicted molar refractivity (Wildman–Crippen MR) is 136 cm³/mol. The number of benzene rings is 4. The van der Waals surface area contributed by atoms with Gasteiger partial charge in [0, 0.05) is 0 Å². The number of halogens is 1. The average molecular weight is 505 g/mol. The number of hydrogen-bond donors (Lipinski definition) is 0. The molecule has 3 heteroatoms. The van der Waals surface area contributed by atoms with Gasteiger partial charge in [-0.15, -0.1) is 0 Å². The van der Waals surface area contributed by atoms with E-state index in [0.29, 0.717) is 0 Å². The van der Waals surface area contributed by atoms with Crippen molar-refractivity contribution in [3.63, 3.8) is 0 Å². The highest BCUT2D eigenvalue weighted by atomic mass is 79.9. The molecular weight excluding hydrogens is 475 g/mol. The van der Waals surface area contributed by atoms with E-state index >= 15 is 0 Å². The van der Waals surface area contributed by atoms with Crippen LogP contribution in [0.1, 0.15) is 22.3 Å². The van der Waals surface area contributed by atoms with Crippen molar-refractivity contribution < 1.29 is 21.7 Å². The summed E-state index contributed by atoms with van der Waals surface area (Å²) < 4.78 is 5.65. The third-order valence-electron chi connectivity index (χ3n) is 6.41. The van der Waals surface area contributed by atoms with Crippen molar-refractivity contribution in [3.8, 4) is 5.75 Å². The van der Waals surface area contributed by atoms with Gasteiger partial charge in [-0.05, 0) is 85.5 Å². The fourth-order valence-electron chi connectivity index (χ4n) is 4.56. The van der Waals surface area contributed by atoms with Gasteiger partial charge in [0.2, 0.25) is 0 Å². The molecule has 32 heavy (non-hydrogen) atoms. The maximum absolute atomic E-state index is 5.65. The van der Waals surface area contributed by atoms with Gasteiger partial charge in [0.1, 0.15) is 28.9 Å². The lowest BCUT2D eigenvalue weighted by Gasteiger charge is -2.29. The van der Waals surface area contributed by atoms with Crippen LogP contribution in [-0.4, -0.2) is 7.11 Å². The smallest absolute Gasteiger partial charge is 0.122 e. The largest absolute Gasteiger partial charge is 1.00 e. The van der Waals surface area contributed by atoms with Crippen molar-refractivity contribution in [2.75, 3.05) is 7.11 Å². The topological polar surface area (TPSA) is 9.23 Å². The van der Waals surface area contributed by atoms with E-state index < -0.39 is 7.26 Å². The molecule has 0 aliphatic rings. The van der Waals surface area contributed by atoms with Crippen LogP contribution in [0.2, 0.25) is 0 Å². The van der Waals surface area contributed by atoms with Gasteiger partial charge < -0.3 is 21.7 Å². The van der Waals surface area contributed by atoms with E-state index in [1.807, 2.05) is 0 Å². The van der Waals surface area contributed by atoms with E-state index in [1.54, 1.807) is 7.11 Å². The van der Waals surface area contributed by atoms with Gasteiger partial charge in [0.25, 0.3) is 0 Å². The van der Waals surface area contributed by atoms with Crippen molar-refractivity contribution in [1.29, 1.82) is 0 Å². The van der Waals surface area contributed by atoms with E-state index in [9.17, 15) is 0 Å². The first-order valence-corrected chi connectivity index (χ1v) is 12.7. The Morgan fingerprint density at radius 2 is 1.03 bits per heavy atom. The van der Waals surface area contributed by atoms with Crippen LogP contribution in [-0.2, 0) is 6.16 Å². The molecule has 0 bridgehead atoms. The Hall–Kier alpha value is -2.41. The molecular formula is C29H30BrOP. The summed E-state index contributed by atoms with van der Waals surface area (Å²) in [5, 5.41) is 4.25. The summed E-state index contributed by atoms with van der Waals surface area (Å²) in [5.74, 6) is 0.974. The molecule has 1 nitrogen and oxygen atoms in total. The summed E-state index contributed by atoms with van der Waals surface area (Å²) in [6, 6.07) is 35.5. The summed E-state index contributed by atoms with van der Waals surface area (Å²) in [7, 11) is -0.153. The minimum atomic E-state index is -1.91. The first kappa shape index (κ1) is 24.2. The molecule has 4 aromatic carbocycles. The second kappa shape index (κ2) is 10.5. The lowest BCUT2D eigenvalue weighted by atomic mass is 9.98. The molecule has 0 aliphatic heterocycles. The molecule has 4 rings (SSSR count). The minimum Gasteiger partial charge on any atom is -1.00 e. The van der Waals surface area contributed by atoms with E-state index in [0.717, 1.165) is 11.9 Å². The van der Waals surface area contributed by atoms with Gasteiger partial charge in [0.15, 0.2) is 0 Å². The fraction of sp³-hybridized carbons (Fsp3) is 0.172. The van der Waals surface area contributed by atoms with Gasteiger partial charge in [-0.2, -0.15) is 0 Å². The van der Waals surface area contributed by atoms with Crippen molar-refractivity contribution in [2.24, 2.45) is 0 Å². The Labute approximate surface area is 203 Å². The molecule has 0 aliphatic carbocycles. The van der Waals surface area contributed by atoms with Gasteiger partial charge in [0.05, 0.1) is 13.3 Å². The fourth-order valence-corrected chi connectivity index (χ4v) is 9.01. The first-order chi connectivity index (χ1) is 15.1. The molecule has 0 aromatic heterocycles. The molecule has 0 unspecified atom stereocenters. The number of ether oxygens (including phenoxy) is 1. The lowest BCUT2D eigenvalue weighted by molar-refractivity contribution is -0.00000657. The Morgan fingerprint density at radius 3 is 1.41 bits per heavy atom. The Bertz CT molecular complexity index is 1060. The van der Waals surface area contributed by atoms with Crippen LogP contribution in [0.25, 0.3) is 0 Å². The molecule has 0 heterocycles. The Balaban J connectivity index is 0.00000289. The van der Waals surface area contributed by atoms with Crippen LogP contribution >= 0.6 is 7.26 Å². The quantitative estimate of drug-likeness (QED) is 0.366. The molecule has 0 saturated heterocycles. The standard InChI is InChI=1S/C29H30OP.BrH/c1-22-20-29(30-4)24(3)23(2)28(22)21-31(25-14-8-5-9-15-25,26-16-10-6-11-17-26)27-18-12-7-13-19-27;/h5-20H,21H2,1-4H3;1H/q+1;/p-1. The van der Waals surface area contributed by atoms with Crippen molar-refractivity contribution in [3.05, 3.63) is 119 Å². The molecule has 0 radical (unpaired) electrons. The SMILES string of the molecule is COc1cc(C)c(C[P+](c2ccccc2)(c2ccccc2)c2ccccc2)c(C)c1C.[Br-]. The van der Waals surface area contributed by atoms with E-state index in [2.05, 4.69) is 118 Å². The molecule has 0 fully saturated rings. The van der Waals surface area contributed by atoms with Crippen LogP contribution < -0.4 is 37.6 Å². The Kier molecular flexibility index (Phi) is 7.93. The van der Waals surface area contributed by atoms with Crippen LogP contribution in [0, 0.1) is 20.8 Å². The normalized spacial score (nSPS) is 11.0. The molecule has 0 saturated carbocycles. The highest BCUT2D eigenvalue weighted by molar-refractivity contribution is 7.95. The number of hydrogen-bond acceptors (Lipinski definition) is 1. The summed E-state index contributed by atoms with van der Waals surface area (Å²) in [5.41, 5.74) is 5.30. The minimum absolute atomic E-state index is 0. The number of aryl methyl sites for hydroxylation is 1. The molecule has 0 spiro atoms. The second-order valence-corrected chi connectivity index (χ2v) is 11.6. The Morgan fingerprint density at radius 1 is 0.625 bits per heavy atom. The van der Waals surface area contributed by atoms with Crippen molar-refractivity contribution in [2.45, 2.75) is 26.9 Å². The van der Waals surface area contributed by atoms with Gasteiger partial charge in [-0.3, -0.25) is 0 Å². The second-order valence-electron chi connectivity index (χ2n) is 8.10. The monoisotopic (exact) mass is 504 g/mol. The molecule has 0 N–H and O–H groups in total. The lowest BCUT2D eigenvalue weighted by Crippen LogP contribution is -3.00. The molecule has 4 aromatic rings. The zero-order valence-corrected chi connectivity index (χ0v) is 21.7. The summed E-state index contributed by atoms with van der Waals surface area (Å²) in [4.78, 5) is 0. The average Bonchev–Trinajstić information content (AvgIpc) is 2.83. The maximum atomic E-state index is 5.65. The molecule has 0 atom stereocenters. The molecule has 164 valence electrons. The van der Waals surface area contributed by atoms with Crippen LogP contribution in [0.5, 0.6) is 5.75 Å². The first-order valence-electron chi connectivity index (χ1n) is 10.8. The van der Waals surface area contributed by atoms with E-state index in [1.165, 1.54) is 38.2 Å². The van der Waals surface area contributed by atoms with Crippen LogP contribution in [0.4, 0.5) is 0 Å². The highest BCUT2D eigenvalue weighted by Crippen LogP contribution is 2.59. The van der Waals surface area contributed by atoms with Crippen LogP contribution in [0.15, 0.2) is 97.1 Å². The van der Waals surface area contributed by atoms with Crippen LogP contribution in [0.3, 0.4) is 0 Å². The third kappa shape index (κ3) is 4.40. The summed E-state index contributed by atoms with van der Waals surface area (Å²) in [6.07, 6.45) is 0.994. The summed E-state index contributed by atoms with van der Waals surface area (Å²) >= 11 is 0. The van der Waals surface area contributed by atoms with E-state index in [4.69, 9.17) is 4.74 Å². The van der Waals surface area contributed by atoms with E-state index in [-0.39, 0.29) is 17.0 Å². The van der Waals surface area contributed by atoms with Gasteiger partial charge in [-0.1, -0.05) is 54.6 Å².